The Morgan fingerprint density at radius 2 is 2.14 bits per heavy atom. The lowest BCUT2D eigenvalue weighted by atomic mass is 10.0. The van der Waals surface area contributed by atoms with E-state index in [1.54, 1.807) is 18.3 Å². The molecule has 1 aliphatic heterocycles. The molecule has 2 heterocycles. The average Bonchev–Trinajstić information content (AvgIpc) is 2.74. The zero-order valence-corrected chi connectivity index (χ0v) is 15.3. The minimum atomic E-state index is -0.379. The molecule has 1 aromatic carbocycles. The van der Waals surface area contributed by atoms with Crippen LogP contribution in [0.2, 0.25) is 0 Å². The van der Waals surface area contributed by atoms with Gasteiger partial charge >= 0.3 is 0 Å². The van der Waals surface area contributed by atoms with Crippen LogP contribution >= 0.6 is 0 Å². The second-order valence-electron chi connectivity index (χ2n) is 6.10. The number of benzene rings is 1. The normalized spacial score (nSPS) is 12.2. The van der Waals surface area contributed by atoms with Crippen LogP contribution in [0.4, 0.5) is 10.1 Å². The Labute approximate surface area is 166 Å². The van der Waals surface area contributed by atoms with Gasteiger partial charge in [0.05, 0.1) is 18.2 Å². The first kappa shape index (κ1) is 19.8. The Hall–Kier alpha value is -3.99. The van der Waals surface area contributed by atoms with Crippen LogP contribution in [-0.2, 0) is 16.0 Å². The Kier molecular flexibility index (Phi) is 6.32. The van der Waals surface area contributed by atoms with E-state index in [1.807, 2.05) is 6.07 Å². The van der Waals surface area contributed by atoms with Gasteiger partial charge in [0.2, 0.25) is 12.3 Å². The van der Waals surface area contributed by atoms with Crippen LogP contribution in [0, 0.1) is 17.1 Å². The average molecular weight is 392 g/mol. The van der Waals surface area contributed by atoms with Crippen LogP contribution in [0.25, 0.3) is 6.08 Å². The van der Waals surface area contributed by atoms with E-state index in [9.17, 15) is 14.0 Å². The summed E-state index contributed by atoms with van der Waals surface area (Å²) in [6.45, 7) is 0.244. The highest BCUT2D eigenvalue weighted by Crippen LogP contribution is 2.38. The Balaban J connectivity index is 1.91. The van der Waals surface area contributed by atoms with Gasteiger partial charge in [-0.25, -0.2) is 4.39 Å². The van der Waals surface area contributed by atoms with Gasteiger partial charge in [0.1, 0.15) is 17.8 Å². The molecule has 2 aromatic rings. The predicted octanol–water partition coefficient (Wildman–Crippen LogP) is 2.68. The summed E-state index contributed by atoms with van der Waals surface area (Å²) in [7, 11) is 0. The van der Waals surface area contributed by atoms with Crippen LogP contribution in [0.3, 0.4) is 0 Å². The highest BCUT2D eigenvalue weighted by atomic mass is 19.1. The topological polar surface area (TPSA) is 95.3 Å². The Morgan fingerprint density at radius 1 is 1.34 bits per heavy atom. The van der Waals surface area contributed by atoms with Crippen LogP contribution < -0.4 is 15.0 Å². The molecule has 0 spiro atoms. The van der Waals surface area contributed by atoms with Crippen LogP contribution in [0.1, 0.15) is 23.2 Å². The van der Waals surface area contributed by atoms with Gasteiger partial charge < -0.3 is 10.1 Å². The van der Waals surface area contributed by atoms with Gasteiger partial charge in [0.15, 0.2) is 5.75 Å². The monoisotopic (exact) mass is 392 g/mol. The minimum Gasteiger partial charge on any atom is -0.461 e. The SMILES string of the molecule is N#CCCNC(=O)/C=C/c1ncc(Cc2ccc(F)cc2)c2c1N(C=O)C=CO2. The summed E-state index contributed by atoms with van der Waals surface area (Å²) < 4.78 is 18.8. The van der Waals surface area contributed by atoms with E-state index in [2.05, 4.69) is 10.3 Å². The summed E-state index contributed by atoms with van der Waals surface area (Å²) in [4.78, 5) is 29.0. The second kappa shape index (κ2) is 9.28. The van der Waals surface area contributed by atoms with Crippen molar-refractivity contribution in [2.45, 2.75) is 12.8 Å². The highest BCUT2D eigenvalue weighted by molar-refractivity contribution is 5.94. The molecule has 0 saturated carbocycles. The summed E-state index contributed by atoms with van der Waals surface area (Å²) in [5.74, 6) is -0.270. The lowest BCUT2D eigenvalue weighted by Gasteiger charge is -2.24. The lowest BCUT2D eigenvalue weighted by Crippen LogP contribution is -2.22. The molecule has 7 nitrogen and oxygen atoms in total. The first-order valence-electron chi connectivity index (χ1n) is 8.78. The first-order valence-corrected chi connectivity index (χ1v) is 8.78. The number of carbonyl (C=O) groups is 2. The molecule has 1 N–H and O–H groups in total. The third kappa shape index (κ3) is 4.84. The van der Waals surface area contributed by atoms with Crippen molar-refractivity contribution in [1.29, 1.82) is 5.26 Å². The van der Waals surface area contributed by atoms with Crippen molar-refractivity contribution in [2.24, 2.45) is 0 Å². The fraction of sp³-hybridized carbons (Fsp3) is 0.143. The van der Waals surface area contributed by atoms with Crippen molar-refractivity contribution in [1.82, 2.24) is 10.3 Å². The van der Waals surface area contributed by atoms with Crippen molar-refractivity contribution in [3.05, 3.63) is 71.6 Å². The van der Waals surface area contributed by atoms with E-state index in [0.29, 0.717) is 35.5 Å². The number of nitrogens with one attached hydrogen (secondary N) is 1. The summed E-state index contributed by atoms with van der Waals surface area (Å²) in [6, 6.07) is 8.01. The number of carbonyl (C=O) groups excluding carboxylic acids is 2. The smallest absolute Gasteiger partial charge is 0.244 e. The number of hydrogen-bond donors (Lipinski definition) is 1. The zero-order chi connectivity index (χ0) is 20.6. The van der Waals surface area contributed by atoms with E-state index in [4.69, 9.17) is 10.00 Å². The van der Waals surface area contributed by atoms with Crippen molar-refractivity contribution in [3.8, 4) is 11.8 Å². The number of pyridine rings is 1. The molecule has 3 rings (SSSR count). The van der Waals surface area contributed by atoms with Gasteiger partial charge in [0, 0.05) is 37.0 Å². The van der Waals surface area contributed by atoms with E-state index >= 15 is 0 Å². The van der Waals surface area contributed by atoms with E-state index < -0.39 is 0 Å². The van der Waals surface area contributed by atoms with Gasteiger partial charge in [0.25, 0.3) is 0 Å². The third-order valence-electron chi connectivity index (χ3n) is 4.12. The molecule has 1 aliphatic rings. The standard InChI is InChI=1S/C21H17FN4O3/c22-17-4-2-15(3-5-17)12-16-13-25-18(6-7-19(28)24-9-1-8-23)20-21(16)29-11-10-26(20)14-27/h2-7,10-11,13-14H,1,9,12H2,(H,24,28)/b7-6+. The van der Waals surface area contributed by atoms with Crippen LogP contribution in [0.5, 0.6) is 5.75 Å². The number of nitriles is 1. The maximum absolute atomic E-state index is 13.1. The summed E-state index contributed by atoms with van der Waals surface area (Å²) in [5.41, 5.74) is 2.34. The molecule has 1 aromatic heterocycles. The predicted molar refractivity (Wildman–Crippen MR) is 104 cm³/mol. The third-order valence-corrected chi connectivity index (χ3v) is 4.12. The molecule has 29 heavy (non-hydrogen) atoms. The number of aromatic nitrogens is 1. The fourth-order valence-electron chi connectivity index (χ4n) is 2.77. The van der Waals surface area contributed by atoms with Crippen molar-refractivity contribution in [3.63, 3.8) is 0 Å². The Morgan fingerprint density at radius 3 is 2.86 bits per heavy atom. The molecule has 146 valence electrons. The number of fused-ring (bicyclic) bond motifs is 1. The van der Waals surface area contributed by atoms with Gasteiger partial charge in [-0.2, -0.15) is 5.26 Å². The number of halogens is 1. The minimum absolute atomic E-state index is 0.211. The number of ether oxygens (including phenoxy) is 1. The largest absolute Gasteiger partial charge is 0.461 e. The maximum atomic E-state index is 13.1. The molecule has 0 bridgehead atoms. The van der Waals surface area contributed by atoms with Crippen LogP contribution in [0.15, 0.2) is 49.0 Å². The number of hydrogen-bond acceptors (Lipinski definition) is 5. The molecule has 0 atom stereocenters. The lowest BCUT2D eigenvalue weighted by molar-refractivity contribution is -0.116. The van der Waals surface area contributed by atoms with Crippen molar-refractivity contribution >= 4 is 24.1 Å². The van der Waals surface area contributed by atoms with E-state index in [1.165, 1.54) is 41.6 Å². The molecule has 0 saturated heterocycles. The molecule has 0 aliphatic carbocycles. The maximum Gasteiger partial charge on any atom is 0.244 e. The zero-order valence-electron chi connectivity index (χ0n) is 15.3. The van der Waals surface area contributed by atoms with Gasteiger partial charge in [-0.3, -0.25) is 19.5 Å². The van der Waals surface area contributed by atoms with E-state index in [-0.39, 0.29) is 24.7 Å². The van der Waals surface area contributed by atoms with Crippen molar-refractivity contribution < 1.29 is 18.7 Å². The number of amides is 2. The quantitative estimate of drug-likeness (QED) is 0.444. The van der Waals surface area contributed by atoms with Gasteiger partial charge in [-0.1, -0.05) is 12.1 Å². The molecule has 2 amide bonds. The van der Waals surface area contributed by atoms with Crippen molar-refractivity contribution in [2.75, 3.05) is 11.4 Å². The number of anilines is 1. The number of rotatable bonds is 7. The highest BCUT2D eigenvalue weighted by Gasteiger charge is 2.22. The Bertz CT molecular complexity index is 1010. The van der Waals surface area contributed by atoms with Crippen LogP contribution in [-0.4, -0.2) is 23.8 Å². The molecular weight excluding hydrogens is 375 g/mol. The number of nitrogens with zero attached hydrogens (tertiary/aromatic N) is 3. The summed E-state index contributed by atoms with van der Waals surface area (Å²) in [6.07, 6.45) is 8.43. The van der Waals surface area contributed by atoms with Gasteiger partial charge in [-0.05, 0) is 23.8 Å². The molecule has 0 fully saturated rings. The van der Waals surface area contributed by atoms with E-state index in [0.717, 1.165) is 5.56 Å². The molecule has 0 radical (unpaired) electrons. The first-order chi connectivity index (χ1) is 14.1. The second-order valence-corrected chi connectivity index (χ2v) is 6.10. The van der Waals surface area contributed by atoms with Gasteiger partial charge in [-0.15, -0.1) is 0 Å². The summed E-state index contributed by atoms with van der Waals surface area (Å²) in [5, 5.41) is 11.1. The fourth-order valence-corrected chi connectivity index (χ4v) is 2.77. The molecule has 0 unspecified atom stereocenters. The molecule has 8 heteroatoms. The molecular formula is C21H17FN4O3. The summed E-state index contributed by atoms with van der Waals surface area (Å²) >= 11 is 0.